The van der Waals surface area contributed by atoms with E-state index >= 15 is 0 Å². The van der Waals surface area contributed by atoms with E-state index in [9.17, 15) is 9.59 Å². The van der Waals surface area contributed by atoms with Gasteiger partial charge in [0.1, 0.15) is 0 Å². The second-order valence-electron chi connectivity index (χ2n) is 4.50. The topological polar surface area (TPSA) is 80.3 Å². The maximum Gasteiger partial charge on any atom is 0.351 e. The van der Waals surface area contributed by atoms with E-state index in [1.54, 1.807) is 0 Å². The van der Waals surface area contributed by atoms with Crippen molar-refractivity contribution in [2.45, 2.75) is 31.7 Å². The fraction of sp³-hybridized carbons (Fsp3) is 0.583. The average Bonchev–Trinajstić information content (AvgIpc) is 3.15. The molecule has 1 aromatic heterocycles. The summed E-state index contributed by atoms with van der Waals surface area (Å²) in [5.41, 5.74) is 0. The molecule has 0 spiro atoms. The molecule has 1 aromatic rings. The Morgan fingerprint density at radius 1 is 1.50 bits per heavy atom. The van der Waals surface area contributed by atoms with Crippen LogP contribution in [0.4, 0.5) is 5.13 Å². The summed E-state index contributed by atoms with van der Waals surface area (Å²) in [6, 6.07) is 0.399. The number of methoxy groups -OCH3 is 1. The van der Waals surface area contributed by atoms with Crippen molar-refractivity contribution in [2.24, 2.45) is 0 Å². The van der Waals surface area contributed by atoms with Gasteiger partial charge < -0.3 is 15.4 Å². The number of hydrogen-bond donors (Lipinski definition) is 2. The van der Waals surface area contributed by atoms with Gasteiger partial charge in [-0.15, -0.1) is 0 Å². The summed E-state index contributed by atoms with van der Waals surface area (Å²) in [4.78, 5) is 27.1. The Labute approximate surface area is 125 Å². The van der Waals surface area contributed by atoms with E-state index < -0.39 is 5.97 Å². The smallest absolute Gasteiger partial charge is 0.351 e. The first-order valence-corrected chi connectivity index (χ1v) is 7.57. The van der Waals surface area contributed by atoms with Crippen LogP contribution in [0, 0.1) is 0 Å². The number of carbonyl (C=O) groups excluding carboxylic acids is 2. The highest BCUT2D eigenvalue weighted by Crippen LogP contribution is 2.27. The van der Waals surface area contributed by atoms with E-state index in [0.717, 1.165) is 24.2 Å². The number of thiazole rings is 1. The molecule has 0 bridgehead atoms. The SMILES string of the molecule is COC(=O)c1sc(NCCCC(=O)NC2CC2)nc1Cl. The molecule has 0 saturated heterocycles. The van der Waals surface area contributed by atoms with Crippen molar-refractivity contribution in [3.05, 3.63) is 10.0 Å². The van der Waals surface area contributed by atoms with Gasteiger partial charge in [0.15, 0.2) is 15.2 Å². The van der Waals surface area contributed by atoms with Gasteiger partial charge in [-0.25, -0.2) is 9.78 Å². The van der Waals surface area contributed by atoms with Crippen molar-refractivity contribution in [3.63, 3.8) is 0 Å². The Balaban J connectivity index is 1.70. The Bertz CT molecular complexity index is 502. The van der Waals surface area contributed by atoms with Crippen LogP contribution >= 0.6 is 22.9 Å². The van der Waals surface area contributed by atoms with Gasteiger partial charge in [0.05, 0.1) is 7.11 Å². The lowest BCUT2D eigenvalue weighted by molar-refractivity contribution is -0.121. The number of anilines is 1. The van der Waals surface area contributed by atoms with Gasteiger partial charge in [-0.2, -0.15) is 0 Å². The largest absolute Gasteiger partial charge is 0.465 e. The standard InChI is InChI=1S/C12H16ClN3O3S/c1-19-11(18)9-10(13)16-12(20-9)14-6-2-3-8(17)15-7-4-5-7/h7H,2-6H2,1H3,(H,14,16)(H,15,17). The van der Waals surface area contributed by atoms with Crippen LogP contribution in [0.2, 0.25) is 5.15 Å². The highest BCUT2D eigenvalue weighted by atomic mass is 35.5. The van der Waals surface area contributed by atoms with Gasteiger partial charge in [-0.3, -0.25) is 4.79 Å². The van der Waals surface area contributed by atoms with E-state index in [-0.39, 0.29) is 15.9 Å². The Morgan fingerprint density at radius 3 is 2.90 bits per heavy atom. The first kappa shape index (κ1) is 15.1. The quantitative estimate of drug-likeness (QED) is 0.594. The van der Waals surface area contributed by atoms with Gasteiger partial charge in [-0.05, 0) is 19.3 Å². The van der Waals surface area contributed by atoms with Crippen LogP contribution in [-0.4, -0.2) is 36.6 Å². The van der Waals surface area contributed by atoms with Crippen LogP contribution in [-0.2, 0) is 9.53 Å². The summed E-state index contributed by atoms with van der Waals surface area (Å²) < 4.78 is 4.60. The molecule has 2 rings (SSSR count). The molecule has 1 saturated carbocycles. The number of rotatable bonds is 7. The molecular weight excluding hydrogens is 302 g/mol. The third kappa shape index (κ3) is 4.35. The number of amides is 1. The zero-order valence-corrected chi connectivity index (χ0v) is 12.6. The molecular formula is C12H16ClN3O3S. The number of esters is 1. The van der Waals surface area contributed by atoms with Gasteiger partial charge in [0, 0.05) is 19.0 Å². The predicted molar refractivity (Wildman–Crippen MR) is 77.4 cm³/mol. The molecule has 2 N–H and O–H groups in total. The number of aromatic nitrogens is 1. The molecule has 1 amide bonds. The van der Waals surface area contributed by atoms with Crippen LogP contribution in [0.5, 0.6) is 0 Å². The molecule has 1 aliphatic carbocycles. The van der Waals surface area contributed by atoms with Gasteiger partial charge in [-0.1, -0.05) is 22.9 Å². The highest BCUT2D eigenvalue weighted by Gasteiger charge is 2.22. The maximum absolute atomic E-state index is 11.5. The van der Waals surface area contributed by atoms with E-state index in [4.69, 9.17) is 11.6 Å². The highest BCUT2D eigenvalue weighted by molar-refractivity contribution is 7.18. The molecule has 0 aliphatic heterocycles. The second kappa shape index (κ2) is 6.90. The number of nitrogens with zero attached hydrogens (tertiary/aromatic N) is 1. The van der Waals surface area contributed by atoms with Gasteiger partial charge in [0.2, 0.25) is 5.91 Å². The molecule has 0 radical (unpaired) electrons. The molecule has 1 aliphatic rings. The minimum absolute atomic E-state index is 0.0849. The van der Waals surface area contributed by atoms with Crippen LogP contribution in [0.15, 0.2) is 0 Å². The summed E-state index contributed by atoms with van der Waals surface area (Å²) in [6.07, 6.45) is 3.37. The average molecular weight is 318 g/mol. The van der Waals surface area contributed by atoms with Crippen molar-refractivity contribution >= 4 is 39.9 Å². The molecule has 0 atom stereocenters. The number of nitrogens with one attached hydrogen (secondary N) is 2. The van der Waals surface area contributed by atoms with Crippen LogP contribution in [0.25, 0.3) is 0 Å². The third-order valence-corrected chi connectivity index (χ3v) is 4.13. The lowest BCUT2D eigenvalue weighted by atomic mass is 10.3. The Kier molecular flexibility index (Phi) is 5.19. The molecule has 0 aromatic carbocycles. The van der Waals surface area contributed by atoms with Crippen molar-refractivity contribution < 1.29 is 14.3 Å². The van der Waals surface area contributed by atoms with Crippen molar-refractivity contribution in [1.82, 2.24) is 10.3 Å². The predicted octanol–water partition coefficient (Wildman–Crippen LogP) is 2.05. The fourth-order valence-electron chi connectivity index (χ4n) is 1.57. The minimum atomic E-state index is -0.496. The second-order valence-corrected chi connectivity index (χ2v) is 5.86. The lowest BCUT2D eigenvalue weighted by Crippen LogP contribution is -2.25. The minimum Gasteiger partial charge on any atom is -0.465 e. The molecule has 8 heteroatoms. The number of hydrogen-bond acceptors (Lipinski definition) is 6. The van der Waals surface area contributed by atoms with Crippen molar-refractivity contribution in [2.75, 3.05) is 19.0 Å². The maximum atomic E-state index is 11.5. The summed E-state index contributed by atoms with van der Waals surface area (Å²) in [7, 11) is 1.30. The first-order chi connectivity index (χ1) is 9.60. The van der Waals surface area contributed by atoms with Gasteiger partial charge >= 0.3 is 5.97 Å². The summed E-state index contributed by atoms with van der Waals surface area (Å²) >= 11 is 6.98. The van der Waals surface area contributed by atoms with E-state index in [1.807, 2.05) is 0 Å². The van der Waals surface area contributed by atoms with E-state index in [1.165, 1.54) is 7.11 Å². The van der Waals surface area contributed by atoms with Crippen molar-refractivity contribution in [1.29, 1.82) is 0 Å². The molecule has 1 heterocycles. The fourth-order valence-corrected chi connectivity index (χ4v) is 2.70. The summed E-state index contributed by atoms with van der Waals surface area (Å²) in [5, 5.41) is 6.66. The molecule has 0 unspecified atom stereocenters. The van der Waals surface area contributed by atoms with Gasteiger partial charge in [0.25, 0.3) is 0 Å². The molecule has 6 nitrogen and oxygen atoms in total. The van der Waals surface area contributed by atoms with Crippen molar-refractivity contribution in [3.8, 4) is 0 Å². The third-order valence-electron chi connectivity index (χ3n) is 2.76. The number of carbonyl (C=O) groups is 2. The Hall–Kier alpha value is -1.34. The molecule has 20 heavy (non-hydrogen) atoms. The summed E-state index contributed by atoms with van der Waals surface area (Å²) in [5.74, 6) is -0.411. The number of ether oxygens (including phenoxy) is 1. The first-order valence-electron chi connectivity index (χ1n) is 6.38. The number of halogens is 1. The molecule has 110 valence electrons. The van der Waals surface area contributed by atoms with Crippen LogP contribution in [0.1, 0.15) is 35.4 Å². The zero-order valence-electron chi connectivity index (χ0n) is 11.1. The normalized spacial score (nSPS) is 13.9. The van der Waals surface area contributed by atoms with E-state index in [2.05, 4.69) is 20.4 Å². The van der Waals surface area contributed by atoms with Crippen LogP contribution in [0.3, 0.4) is 0 Å². The zero-order chi connectivity index (χ0) is 14.5. The Morgan fingerprint density at radius 2 is 2.25 bits per heavy atom. The lowest BCUT2D eigenvalue weighted by Gasteiger charge is -2.03. The monoisotopic (exact) mass is 317 g/mol. The van der Waals surface area contributed by atoms with Crippen LogP contribution < -0.4 is 10.6 Å². The summed E-state index contributed by atoms with van der Waals surface area (Å²) in [6.45, 7) is 0.600. The van der Waals surface area contributed by atoms with E-state index in [0.29, 0.717) is 30.6 Å². The molecule has 1 fully saturated rings.